The van der Waals surface area contributed by atoms with Gasteiger partial charge in [-0.25, -0.2) is 4.98 Å². The van der Waals surface area contributed by atoms with Crippen molar-refractivity contribution in [3.8, 4) is 0 Å². The number of anilines is 1. The third kappa shape index (κ3) is 3.24. The van der Waals surface area contributed by atoms with Crippen molar-refractivity contribution >= 4 is 17.6 Å². The van der Waals surface area contributed by atoms with Crippen LogP contribution in [-0.4, -0.2) is 10.7 Å². The van der Waals surface area contributed by atoms with Gasteiger partial charge >= 0.3 is 0 Å². The predicted molar refractivity (Wildman–Crippen MR) is 77.5 cm³/mol. The van der Waals surface area contributed by atoms with Crippen molar-refractivity contribution in [2.75, 3.05) is 11.5 Å². The first-order valence-corrected chi connectivity index (χ1v) is 6.81. The average Bonchev–Trinajstić information content (AvgIpc) is 2.40. The summed E-state index contributed by atoms with van der Waals surface area (Å²) in [4.78, 5) is 5.36. The van der Waals surface area contributed by atoms with Crippen LogP contribution in [0.25, 0.3) is 0 Å². The smallest absolute Gasteiger partial charge is 0.128 e. The Morgan fingerprint density at radius 3 is 2.72 bits per heavy atom. The summed E-state index contributed by atoms with van der Waals surface area (Å²) in [6.45, 7) is 1.99. The molecule has 3 nitrogen and oxygen atoms in total. The van der Waals surface area contributed by atoms with Crippen molar-refractivity contribution in [1.82, 2.24) is 4.98 Å². The van der Waals surface area contributed by atoms with Gasteiger partial charge < -0.3 is 11.5 Å². The highest BCUT2D eigenvalue weighted by Crippen LogP contribution is 2.25. The summed E-state index contributed by atoms with van der Waals surface area (Å²) >= 11 is 1.73. The molecule has 1 unspecified atom stereocenters. The second kappa shape index (κ2) is 5.89. The first-order chi connectivity index (χ1) is 8.66. The van der Waals surface area contributed by atoms with Crippen molar-refractivity contribution in [2.24, 2.45) is 5.73 Å². The van der Waals surface area contributed by atoms with Crippen molar-refractivity contribution in [2.45, 2.75) is 17.9 Å². The molecule has 1 aromatic heterocycles. The number of aryl methyl sites for hydroxylation is 1. The van der Waals surface area contributed by atoms with Crippen molar-refractivity contribution in [3.63, 3.8) is 0 Å². The van der Waals surface area contributed by atoms with E-state index in [1.807, 2.05) is 31.2 Å². The molecule has 0 saturated heterocycles. The number of pyridine rings is 1. The lowest BCUT2D eigenvalue weighted by atomic mass is 10.1. The highest BCUT2D eigenvalue weighted by Gasteiger charge is 2.11. The van der Waals surface area contributed by atoms with Gasteiger partial charge in [-0.15, -0.1) is 11.8 Å². The van der Waals surface area contributed by atoms with Crippen LogP contribution in [-0.2, 0) is 0 Å². The van der Waals surface area contributed by atoms with E-state index in [9.17, 15) is 0 Å². The summed E-state index contributed by atoms with van der Waals surface area (Å²) in [5, 5.41) is 0. The fourth-order valence-corrected chi connectivity index (χ4v) is 2.59. The molecule has 2 rings (SSSR count). The molecule has 94 valence electrons. The van der Waals surface area contributed by atoms with Crippen LogP contribution < -0.4 is 11.5 Å². The maximum Gasteiger partial charge on any atom is 0.128 e. The molecule has 1 aromatic carbocycles. The third-order valence-corrected chi connectivity index (χ3v) is 3.79. The molecule has 2 aromatic rings. The lowest BCUT2D eigenvalue weighted by molar-refractivity contribution is 0.826. The molecule has 0 amide bonds. The zero-order valence-electron chi connectivity index (χ0n) is 10.3. The molecule has 0 aliphatic carbocycles. The van der Waals surface area contributed by atoms with Gasteiger partial charge in [0.1, 0.15) is 5.82 Å². The van der Waals surface area contributed by atoms with E-state index >= 15 is 0 Å². The van der Waals surface area contributed by atoms with Crippen LogP contribution in [0, 0.1) is 6.92 Å². The van der Waals surface area contributed by atoms with Crippen LogP contribution in [0.5, 0.6) is 0 Å². The van der Waals surface area contributed by atoms with Crippen molar-refractivity contribution in [3.05, 3.63) is 53.7 Å². The van der Waals surface area contributed by atoms with E-state index in [2.05, 4.69) is 17.1 Å². The topological polar surface area (TPSA) is 64.9 Å². The highest BCUT2D eigenvalue weighted by atomic mass is 32.2. The molecule has 4 N–H and O–H groups in total. The van der Waals surface area contributed by atoms with E-state index in [4.69, 9.17) is 11.5 Å². The van der Waals surface area contributed by atoms with Crippen LogP contribution in [0.15, 0.2) is 47.5 Å². The molecule has 18 heavy (non-hydrogen) atoms. The Morgan fingerprint density at radius 1 is 1.28 bits per heavy atom. The molecule has 1 heterocycles. The molecular formula is C14H17N3S. The molecule has 4 heteroatoms. The summed E-state index contributed by atoms with van der Waals surface area (Å²) in [7, 11) is 0. The second-order valence-corrected chi connectivity index (χ2v) is 5.31. The Hall–Kier alpha value is -1.52. The third-order valence-electron chi connectivity index (χ3n) is 2.66. The number of benzene rings is 1. The Bertz CT molecular complexity index is 514. The maximum atomic E-state index is 6.17. The molecule has 1 atom stereocenters. The fourth-order valence-electron chi connectivity index (χ4n) is 1.69. The zero-order chi connectivity index (χ0) is 13.0. The van der Waals surface area contributed by atoms with Gasteiger partial charge in [-0.1, -0.05) is 18.2 Å². The van der Waals surface area contributed by atoms with Gasteiger partial charge in [0, 0.05) is 28.5 Å². The van der Waals surface area contributed by atoms with E-state index < -0.39 is 0 Å². The standard InChI is InChI=1S/C14H17N3S/c1-10-7-12(14(16)17-8-10)13(15)9-18-11-5-3-2-4-6-11/h2-8,13H,9,15H2,1H3,(H2,16,17). The second-order valence-electron chi connectivity index (χ2n) is 4.22. The van der Waals surface area contributed by atoms with E-state index in [0.717, 1.165) is 16.9 Å². The minimum absolute atomic E-state index is 0.0948. The number of nitrogens with zero attached hydrogens (tertiary/aromatic N) is 1. The molecule has 0 saturated carbocycles. The number of aromatic nitrogens is 1. The van der Waals surface area contributed by atoms with Crippen molar-refractivity contribution < 1.29 is 0 Å². The van der Waals surface area contributed by atoms with Gasteiger partial charge in [-0.2, -0.15) is 0 Å². The largest absolute Gasteiger partial charge is 0.383 e. The summed E-state index contributed by atoms with van der Waals surface area (Å²) in [6, 6.07) is 12.1. The summed E-state index contributed by atoms with van der Waals surface area (Å²) in [5.74, 6) is 1.32. The van der Waals surface area contributed by atoms with E-state index in [0.29, 0.717) is 5.82 Å². The predicted octanol–water partition coefficient (Wildman–Crippen LogP) is 2.76. The van der Waals surface area contributed by atoms with E-state index in [-0.39, 0.29) is 6.04 Å². The van der Waals surface area contributed by atoms with Gasteiger partial charge in [0.15, 0.2) is 0 Å². The SMILES string of the molecule is Cc1cnc(N)c(C(N)CSc2ccccc2)c1. The molecule has 0 fully saturated rings. The first kappa shape index (κ1) is 12.9. The Morgan fingerprint density at radius 2 is 2.00 bits per heavy atom. The van der Waals surface area contributed by atoms with Gasteiger partial charge in [0.25, 0.3) is 0 Å². The number of thioether (sulfide) groups is 1. The normalized spacial score (nSPS) is 12.3. The highest BCUT2D eigenvalue weighted by molar-refractivity contribution is 7.99. The van der Waals surface area contributed by atoms with Gasteiger partial charge in [-0.05, 0) is 30.7 Å². The zero-order valence-corrected chi connectivity index (χ0v) is 11.2. The Balaban J connectivity index is 2.03. The van der Waals surface area contributed by atoms with Gasteiger partial charge in [-0.3, -0.25) is 0 Å². The van der Waals surface area contributed by atoms with Gasteiger partial charge in [0.2, 0.25) is 0 Å². The number of hydrogen-bond acceptors (Lipinski definition) is 4. The number of hydrogen-bond donors (Lipinski definition) is 2. The molecule has 0 aliphatic heterocycles. The quantitative estimate of drug-likeness (QED) is 0.829. The molecule has 0 radical (unpaired) electrons. The van der Waals surface area contributed by atoms with Crippen molar-refractivity contribution in [1.29, 1.82) is 0 Å². The van der Waals surface area contributed by atoms with E-state index in [1.165, 1.54) is 4.90 Å². The van der Waals surface area contributed by atoms with Crippen LogP contribution in [0.2, 0.25) is 0 Å². The van der Waals surface area contributed by atoms with E-state index in [1.54, 1.807) is 18.0 Å². The number of nitrogen functional groups attached to an aromatic ring is 1. The molecule has 0 bridgehead atoms. The minimum atomic E-state index is -0.0948. The van der Waals surface area contributed by atoms with Crippen LogP contribution in [0.3, 0.4) is 0 Å². The lowest BCUT2D eigenvalue weighted by Gasteiger charge is -2.14. The van der Waals surface area contributed by atoms with Gasteiger partial charge in [0.05, 0.1) is 0 Å². The van der Waals surface area contributed by atoms with Crippen LogP contribution in [0.4, 0.5) is 5.82 Å². The summed E-state index contributed by atoms with van der Waals surface area (Å²) < 4.78 is 0. The number of rotatable bonds is 4. The molecule has 0 spiro atoms. The monoisotopic (exact) mass is 259 g/mol. The number of nitrogens with two attached hydrogens (primary N) is 2. The average molecular weight is 259 g/mol. The minimum Gasteiger partial charge on any atom is -0.383 e. The van der Waals surface area contributed by atoms with Crippen LogP contribution in [0.1, 0.15) is 17.2 Å². The maximum absolute atomic E-state index is 6.17. The van der Waals surface area contributed by atoms with Crippen LogP contribution >= 0.6 is 11.8 Å². The molecular weight excluding hydrogens is 242 g/mol. The fraction of sp³-hybridized carbons (Fsp3) is 0.214. The molecule has 0 aliphatic rings. The first-order valence-electron chi connectivity index (χ1n) is 5.82. The summed E-state index contributed by atoms with van der Waals surface area (Å²) in [6.07, 6.45) is 1.76. The lowest BCUT2D eigenvalue weighted by Crippen LogP contribution is -2.16. The summed E-state index contributed by atoms with van der Waals surface area (Å²) in [5.41, 5.74) is 14.0. The Labute approximate surface area is 112 Å². The Kier molecular flexibility index (Phi) is 4.23.